The van der Waals surface area contributed by atoms with Gasteiger partial charge in [-0.2, -0.15) is 0 Å². The molecule has 1 N–H and O–H groups in total. The molecule has 2 nitrogen and oxygen atoms in total. The zero-order chi connectivity index (χ0) is 17.5. The van der Waals surface area contributed by atoms with Crippen LogP contribution in [0.3, 0.4) is 0 Å². The van der Waals surface area contributed by atoms with Crippen LogP contribution < -0.4 is 5.32 Å². The van der Waals surface area contributed by atoms with E-state index in [1.165, 1.54) is 5.56 Å². The number of carbonyl (C=O) groups is 1. The van der Waals surface area contributed by atoms with Gasteiger partial charge in [0, 0.05) is 10.6 Å². The SMILES string of the molecule is C[C@H](Sc1ccccc1)C(=O)Nc1ccccc1Cc1ccccc1. The molecule has 0 fully saturated rings. The fraction of sp³-hybridized carbons (Fsp3) is 0.136. The van der Waals surface area contributed by atoms with E-state index < -0.39 is 0 Å². The van der Waals surface area contributed by atoms with Gasteiger partial charge in [-0.3, -0.25) is 4.79 Å². The Hall–Kier alpha value is -2.52. The van der Waals surface area contributed by atoms with Crippen LogP contribution in [0.1, 0.15) is 18.1 Å². The third-order valence-electron chi connectivity index (χ3n) is 3.94. The zero-order valence-electron chi connectivity index (χ0n) is 14.2. The number of rotatable bonds is 6. The first-order valence-corrected chi connectivity index (χ1v) is 9.25. The first-order valence-electron chi connectivity index (χ1n) is 8.37. The number of amides is 1. The highest BCUT2D eigenvalue weighted by atomic mass is 32.2. The summed E-state index contributed by atoms with van der Waals surface area (Å²) in [6, 6.07) is 28.3. The molecule has 0 aromatic heterocycles. The Balaban J connectivity index is 1.69. The number of hydrogen-bond acceptors (Lipinski definition) is 2. The molecular weight excluding hydrogens is 326 g/mol. The van der Waals surface area contributed by atoms with Crippen molar-refractivity contribution >= 4 is 23.4 Å². The van der Waals surface area contributed by atoms with Crippen LogP contribution in [0.5, 0.6) is 0 Å². The van der Waals surface area contributed by atoms with Gasteiger partial charge in [-0.15, -0.1) is 11.8 Å². The number of hydrogen-bond donors (Lipinski definition) is 1. The van der Waals surface area contributed by atoms with Gasteiger partial charge in [-0.25, -0.2) is 0 Å². The molecule has 0 spiro atoms. The highest BCUT2D eigenvalue weighted by molar-refractivity contribution is 8.00. The lowest BCUT2D eigenvalue weighted by molar-refractivity contribution is -0.115. The van der Waals surface area contributed by atoms with Crippen LogP contribution in [0.2, 0.25) is 0 Å². The van der Waals surface area contributed by atoms with Gasteiger partial charge >= 0.3 is 0 Å². The van der Waals surface area contributed by atoms with Gasteiger partial charge in [-0.05, 0) is 42.7 Å². The number of nitrogens with one attached hydrogen (secondary N) is 1. The Morgan fingerprint density at radius 3 is 2.20 bits per heavy atom. The molecule has 0 radical (unpaired) electrons. The van der Waals surface area contributed by atoms with Crippen molar-refractivity contribution in [2.45, 2.75) is 23.5 Å². The van der Waals surface area contributed by atoms with Crippen LogP contribution >= 0.6 is 11.8 Å². The molecular formula is C22H21NOS. The van der Waals surface area contributed by atoms with Crippen molar-refractivity contribution in [1.29, 1.82) is 0 Å². The highest BCUT2D eigenvalue weighted by Gasteiger charge is 2.15. The fourth-order valence-electron chi connectivity index (χ4n) is 2.60. The molecule has 0 aliphatic rings. The van der Waals surface area contributed by atoms with Gasteiger partial charge in [0.1, 0.15) is 0 Å². The fourth-order valence-corrected chi connectivity index (χ4v) is 3.49. The van der Waals surface area contributed by atoms with Crippen LogP contribution in [-0.2, 0) is 11.2 Å². The topological polar surface area (TPSA) is 29.1 Å². The molecule has 3 aromatic carbocycles. The minimum atomic E-state index is -0.160. The van der Waals surface area contributed by atoms with Crippen molar-refractivity contribution < 1.29 is 4.79 Å². The van der Waals surface area contributed by atoms with Gasteiger partial charge in [0.25, 0.3) is 0 Å². The van der Waals surface area contributed by atoms with Crippen molar-refractivity contribution in [1.82, 2.24) is 0 Å². The molecule has 126 valence electrons. The van der Waals surface area contributed by atoms with Crippen LogP contribution in [-0.4, -0.2) is 11.2 Å². The van der Waals surface area contributed by atoms with Crippen LogP contribution in [0.4, 0.5) is 5.69 Å². The first kappa shape index (κ1) is 17.3. The Morgan fingerprint density at radius 2 is 1.48 bits per heavy atom. The van der Waals surface area contributed by atoms with Crippen LogP contribution in [0.15, 0.2) is 89.8 Å². The summed E-state index contributed by atoms with van der Waals surface area (Å²) in [7, 11) is 0. The number of thioether (sulfide) groups is 1. The summed E-state index contributed by atoms with van der Waals surface area (Å²) in [5, 5.41) is 2.93. The van der Waals surface area contributed by atoms with Crippen LogP contribution in [0, 0.1) is 0 Å². The van der Waals surface area contributed by atoms with Gasteiger partial charge in [0.2, 0.25) is 5.91 Å². The normalized spacial score (nSPS) is 11.7. The van der Waals surface area contributed by atoms with E-state index in [0.717, 1.165) is 22.6 Å². The average Bonchev–Trinajstić information content (AvgIpc) is 2.65. The van der Waals surface area contributed by atoms with E-state index in [0.29, 0.717) is 0 Å². The van der Waals surface area contributed by atoms with Crippen molar-refractivity contribution in [2.75, 3.05) is 5.32 Å². The molecule has 3 heteroatoms. The molecule has 1 amide bonds. The smallest absolute Gasteiger partial charge is 0.237 e. The third kappa shape index (κ3) is 4.97. The summed E-state index contributed by atoms with van der Waals surface area (Å²) in [5.74, 6) is 0.0226. The molecule has 0 saturated heterocycles. The van der Waals surface area contributed by atoms with Crippen LogP contribution in [0.25, 0.3) is 0 Å². The van der Waals surface area contributed by atoms with Crippen molar-refractivity contribution in [3.63, 3.8) is 0 Å². The number of anilines is 1. The van der Waals surface area contributed by atoms with Crippen molar-refractivity contribution in [3.8, 4) is 0 Å². The molecule has 1 atom stereocenters. The molecule has 0 aliphatic carbocycles. The van der Waals surface area contributed by atoms with E-state index >= 15 is 0 Å². The Bertz CT molecular complexity index is 818. The Labute approximate surface area is 153 Å². The largest absolute Gasteiger partial charge is 0.325 e. The monoisotopic (exact) mass is 347 g/mol. The second-order valence-electron chi connectivity index (χ2n) is 5.88. The second kappa shape index (κ2) is 8.54. The summed E-state index contributed by atoms with van der Waals surface area (Å²) >= 11 is 1.57. The van der Waals surface area contributed by atoms with E-state index in [2.05, 4.69) is 23.5 Å². The van der Waals surface area contributed by atoms with E-state index in [1.807, 2.05) is 73.7 Å². The Kier molecular flexibility index (Phi) is 5.91. The molecule has 0 aliphatic heterocycles. The first-order chi connectivity index (χ1) is 12.2. The van der Waals surface area contributed by atoms with E-state index in [9.17, 15) is 4.79 Å². The summed E-state index contributed by atoms with van der Waals surface area (Å²) < 4.78 is 0. The van der Waals surface area contributed by atoms with Crippen molar-refractivity contribution in [2.24, 2.45) is 0 Å². The molecule has 0 heterocycles. The lowest BCUT2D eigenvalue weighted by Crippen LogP contribution is -2.23. The summed E-state index contributed by atoms with van der Waals surface area (Å²) in [6.45, 7) is 1.94. The lowest BCUT2D eigenvalue weighted by atomic mass is 10.0. The molecule has 0 unspecified atom stereocenters. The predicted octanol–water partition coefficient (Wildman–Crippen LogP) is 5.40. The van der Waals surface area contributed by atoms with Gasteiger partial charge < -0.3 is 5.32 Å². The lowest BCUT2D eigenvalue weighted by Gasteiger charge is -2.15. The molecule has 0 saturated carbocycles. The van der Waals surface area contributed by atoms with E-state index in [-0.39, 0.29) is 11.2 Å². The highest BCUT2D eigenvalue weighted by Crippen LogP contribution is 2.25. The molecule has 25 heavy (non-hydrogen) atoms. The number of carbonyl (C=O) groups excluding carboxylic acids is 1. The third-order valence-corrected chi connectivity index (χ3v) is 5.05. The molecule has 0 bridgehead atoms. The zero-order valence-corrected chi connectivity index (χ0v) is 15.0. The number of benzene rings is 3. The van der Waals surface area contributed by atoms with E-state index in [1.54, 1.807) is 11.8 Å². The molecule has 3 aromatic rings. The Morgan fingerprint density at radius 1 is 0.880 bits per heavy atom. The second-order valence-corrected chi connectivity index (χ2v) is 7.30. The maximum atomic E-state index is 12.6. The van der Waals surface area contributed by atoms with Gasteiger partial charge in [0.05, 0.1) is 5.25 Å². The average molecular weight is 347 g/mol. The minimum Gasteiger partial charge on any atom is -0.325 e. The summed E-state index contributed by atoms with van der Waals surface area (Å²) in [6.07, 6.45) is 0.803. The summed E-state index contributed by atoms with van der Waals surface area (Å²) in [5.41, 5.74) is 3.24. The molecule has 3 rings (SSSR count). The number of para-hydroxylation sites is 1. The predicted molar refractivity (Wildman–Crippen MR) is 106 cm³/mol. The maximum absolute atomic E-state index is 12.6. The van der Waals surface area contributed by atoms with Gasteiger partial charge in [-0.1, -0.05) is 66.7 Å². The summed E-state index contributed by atoms with van der Waals surface area (Å²) in [4.78, 5) is 13.7. The van der Waals surface area contributed by atoms with Crippen molar-refractivity contribution in [3.05, 3.63) is 96.1 Å². The maximum Gasteiger partial charge on any atom is 0.237 e. The van der Waals surface area contributed by atoms with Gasteiger partial charge in [0.15, 0.2) is 0 Å². The minimum absolute atomic E-state index is 0.0226. The quantitative estimate of drug-likeness (QED) is 0.605. The standard InChI is InChI=1S/C22H21NOS/c1-17(25-20-13-6-3-7-14-20)22(24)23-21-15-9-8-12-19(21)16-18-10-4-2-5-11-18/h2-15,17H,16H2,1H3,(H,23,24)/t17-/m0/s1. The van der Waals surface area contributed by atoms with E-state index in [4.69, 9.17) is 0 Å².